The zero-order chi connectivity index (χ0) is 15.7. The molecule has 2 atom stereocenters. The number of aliphatic hydroxyl groups is 1. The van der Waals surface area contributed by atoms with Crippen LogP contribution in [0.4, 0.5) is 26.3 Å². The molecule has 0 spiro atoms. The SMILES string of the molecule is CC[C@H](O)[C@H](N)c1cc(C(F)(F)F)cc(C(F)(F)F)c1.Cl. The van der Waals surface area contributed by atoms with Crippen molar-refractivity contribution in [1.82, 2.24) is 0 Å². The van der Waals surface area contributed by atoms with Crippen LogP contribution in [0.1, 0.15) is 36.1 Å². The Balaban J connectivity index is 0.00000400. The highest BCUT2D eigenvalue weighted by molar-refractivity contribution is 5.85. The van der Waals surface area contributed by atoms with Crippen LogP contribution in [0.2, 0.25) is 0 Å². The summed E-state index contributed by atoms with van der Waals surface area (Å²) in [5.41, 5.74) is 2.20. The maximum atomic E-state index is 12.6. The van der Waals surface area contributed by atoms with E-state index in [1.165, 1.54) is 6.92 Å². The minimum Gasteiger partial charge on any atom is -0.391 e. The lowest BCUT2D eigenvalue weighted by atomic mass is 9.96. The largest absolute Gasteiger partial charge is 0.416 e. The minimum atomic E-state index is -4.92. The van der Waals surface area contributed by atoms with Gasteiger partial charge in [0.05, 0.1) is 23.3 Å². The zero-order valence-corrected chi connectivity index (χ0v) is 11.6. The molecule has 0 unspecified atom stereocenters. The van der Waals surface area contributed by atoms with E-state index >= 15 is 0 Å². The lowest BCUT2D eigenvalue weighted by molar-refractivity contribution is -0.143. The fourth-order valence-corrected chi connectivity index (χ4v) is 1.65. The van der Waals surface area contributed by atoms with E-state index < -0.39 is 41.2 Å². The maximum Gasteiger partial charge on any atom is 0.416 e. The summed E-state index contributed by atoms with van der Waals surface area (Å²) in [6, 6.07) is -0.241. The lowest BCUT2D eigenvalue weighted by Gasteiger charge is -2.21. The van der Waals surface area contributed by atoms with E-state index in [0.29, 0.717) is 12.1 Å². The average Bonchev–Trinajstić information content (AvgIpc) is 2.34. The van der Waals surface area contributed by atoms with Gasteiger partial charge in [0.15, 0.2) is 0 Å². The van der Waals surface area contributed by atoms with E-state index in [1.54, 1.807) is 0 Å². The van der Waals surface area contributed by atoms with Gasteiger partial charge in [0.2, 0.25) is 0 Å². The second-order valence-corrected chi connectivity index (χ2v) is 4.34. The van der Waals surface area contributed by atoms with Crippen LogP contribution in [0.25, 0.3) is 0 Å². The molecule has 0 aliphatic heterocycles. The van der Waals surface area contributed by atoms with Crippen LogP contribution < -0.4 is 5.73 Å². The molecule has 1 rings (SSSR count). The number of hydrogen-bond acceptors (Lipinski definition) is 2. The highest BCUT2D eigenvalue weighted by Gasteiger charge is 2.37. The predicted octanol–water partition coefficient (Wildman–Crippen LogP) is 3.92. The van der Waals surface area contributed by atoms with E-state index in [4.69, 9.17) is 5.73 Å². The predicted molar refractivity (Wildman–Crippen MR) is 66.9 cm³/mol. The molecule has 122 valence electrons. The van der Waals surface area contributed by atoms with Gasteiger partial charge in [-0.25, -0.2) is 0 Å². The van der Waals surface area contributed by atoms with E-state index in [-0.39, 0.29) is 24.9 Å². The molecule has 0 saturated carbocycles. The molecular formula is C12H14ClF6NO. The molecule has 9 heteroatoms. The summed E-state index contributed by atoms with van der Waals surface area (Å²) in [6.07, 6.45) is -11.0. The molecule has 21 heavy (non-hydrogen) atoms. The highest BCUT2D eigenvalue weighted by Crippen LogP contribution is 2.37. The summed E-state index contributed by atoms with van der Waals surface area (Å²) in [7, 11) is 0. The first-order valence-electron chi connectivity index (χ1n) is 5.69. The lowest BCUT2D eigenvalue weighted by Crippen LogP contribution is -2.26. The molecule has 3 N–H and O–H groups in total. The van der Waals surface area contributed by atoms with Crippen molar-refractivity contribution in [2.75, 3.05) is 0 Å². The first-order valence-corrected chi connectivity index (χ1v) is 5.69. The molecule has 1 aromatic rings. The van der Waals surface area contributed by atoms with Crippen LogP contribution in [0.15, 0.2) is 18.2 Å². The number of rotatable bonds is 3. The molecule has 0 radical (unpaired) electrons. The third-order valence-corrected chi connectivity index (χ3v) is 2.83. The molecule has 0 aliphatic carbocycles. The summed E-state index contributed by atoms with van der Waals surface area (Å²) in [6.45, 7) is 1.52. The third-order valence-electron chi connectivity index (χ3n) is 2.83. The molecule has 0 fully saturated rings. The Labute approximate surface area is 123 Å². The van der Waals surface area contributed by atoms with Crippen molar-refractivity contribution in [3.05, 3.63) is 34.9 Å². The van der Waals surface area contributed by atoms with Crippen molar-refractivity contribution in [2.24, 2.45) is 5.73 Å². The Morgan fingerprint density at radius 1 is 1.00 bits per heavy atom. The number of alkyl halides is 6. The molecule has 0 aliphatic rings. The van der Waals surface area contributed by atoms with E-state index in [9.17, 15) is 31.4 Å². The standard InChI is InChI=1S/C12H13F6NO.ClH/c1-2-9(20)10(19)6-3-7(11(13,14)15)5-8(4-6)12(16,17)18;/h3-5,9-10,20H,2,19H2,1H3;1H/t9-,10+;/m0./s1. The second kappa shape index (κ2) is 6.85. The van der Waals surface area contributed by atoms with Gasteiger partial charge in [-0.3, -0.25) is 0 Å². The number of aliphatic hydroxyl groups excluding tert-OH is 1. The summed E-state index contributed by atoms with van der Waals surface area (Å²) >= 11 is 0. The van der Waals surface area contributed by atoms with Crippen molar-refractivity contribution >= 4 is 12.4 Å². The van der Waals surface area contributed by atoms with Crippen LogP contribution in [0, 0.1) is 0 Å². The van der Waals surface area contributed by atoms with Gasteiger partial charge in [-0.2, -0.15) is 26.3 Å². The van der Waals surface area contributed by atoms with E-state index in [0.717, 1.165) is 0 Å². The van der Waals surface area contributed by atoms with Gasteiger partial charge >= 0.3 is 12.4 Å². The number of halogens is 7. The summed E-state index contributed by atoms with van der Waals surface area (Å²) in [5.74, 6) is 0. The monoisotopic (exact) mass is 337 g/mol. The van der Waals surface area contributed by atoms with Gasteiger partial charge in [-0.05, 0) is 30.2 Å². The Morgan fingerprint density at radius 2 is 1.38 bits per heavy atom. The molecule has 0 aromatic heterocycles. The van der Waals surface area contributed by atoms with Crippen LogP contribution in [0.5, 0.6) is 0 Å². The molecule has 0 heterocycles. The average molecular weight is 338 g/mol. The van der Waals surface area contributed by atoms with E-state index in [1.807, 2.05) is 0 Å². The maximum absolute atomic E-state index is 12.6. The van der Waals surface area contributed by atoms with Crippen molar-refractivity contribution in [2.45, 2.75) is 37.8 Å². The molecule has 2 nitrogen and oxygen atoms in total. The van der Waals surface area contributed by atoms with Crippen molar-refractivity contribution < 1.29 is 31.4 Å². The second-order valence-electron chi connectivity index (χ2n) is 4.34. The Hall–Kier alpha value is -0.990. The van der Waals surface area contributed by atoms with Crippen LogP contribution >= 0.6 is 12.4 Å². The molecule has 0 amide bonds. The topological polar surface area (TPSA) is 46.2 Å². The van der Waals surface area contributed by atoms with Gasteiger partial charge in [-0.1, -0.05) is 6.92 Å². The van der Waals surface area contributed by atoms with E-state index in [2.05, 4.69) is 0 Å². The van der Waals surface area contributed by atoms with Gasteiger partial charge in [0.1, 0.15) is 0 Å². The van der Waals surface area contributed by atoms with Crippen molar-refractivity contribution in [1.29, 1.82) is 0 Å². The first kappa shape index (κ1) is 20.0. The smallest absolute Gasteiger partial charge is 0.391 e. The molecule has 0 saturated heterocycles. The first-order chi connectivity index (χ1) is 8.96. The summed E-state index contributed by atoms with van der Waals surface area (Å²) in [4.78, 5) is 0. The van der Waals surface area contributed by atoms with Crippen molar-refractivity contribution in [3.63, 3.8) is 0 Å². The van der Waals surface area contributed by atoms with Crippen LogP contribution in [0.3, 0.4) is 0 Å². The van der Waals surface area contributed by atoms with Crippen molar-refractivity contribution in [3.8, 4) is 0 Å². The van der Waals surface area contributed by atoms with Gasteiger partial charge in [0.25, 0.3) is 0 Å². The Morgan fingerprint density at radius 3 is 1.67 bits per heavy atom. The van der Waals surface area contributed by atoms with Gasteiger partial charge in [-0.15, -0.1) is 12.4 Å². The summed E-state index contributed by atoms with van der Waals surface area (Å²) in [5, 5.41) is 9.48. The molecular weight excluding hydrogens is 324 g/mol. The Bertz CT molecular complexity index is 442. The quantitative estimate of drug-likeness (QED) is 0.821. The fourth-order valence-electron chi connectivity index (χ4n) is 1.65. The normalized spacial score (nSPS) is 15.3. The molecule has 1 aromatic carbocycles. The zero-order valence-electron chi connectivity index (χ0n) is 10.8. The number of benzene rings is 1. The summed E-state index contributed by atoms with van der Waals surface area (Å²) < 4.78 is 75.7. The van der Waals surface area contributed by atoms with Crippen LogP contribution in [-0.4, -0.2) is 11.2 Å². The number of nitrogens with two attached hydrogens (primary N) is 1. The van der Waals surface area contributed by atoms with Gasteiger partial charge < -0.3 is 10.8 Å². The minimum absolute atomic E-state index is 0. The van der Waals surface area contributed by atoms with Crippen LogP contribution in [-0.2, 0) is 12.4 Å². The highest BCUT2D eigenvalue weighted by atomic mass is 35.5. The van der Waals surface area contributed by atoms with Gasteiger partial charge in [0, 0.05) is 0 Å². The molecule has 0 bridgehead atoms. The fraction of sp³-hybridized carbons (Fsp3) is 0.500. The Kier molecular flexibility index (Phi) is 6.52. The number of hydrogen-bond donors (Lipinski definition) is 2. The third kappa shape index (κ3) is 5.05.